The molecule has 4 rings (SSSR count). The van der Waals surface area contributed by atoms with Crippen molar-refractivity contribution in [3.63, 3.8) is 0 Å². The molecule has 0 aliphatic carbocycles. The number of benzene rings is 2. The number of carboxylic acids is 1. The fourth-order valence-corrected chi connectivity index (χ4v) is 5.72. The normalized spacial score (nSPS) is 14.5. The average Bonchev–Trinajstić information content (AvgIpc) is 2.87. The van der Waals surface area contributed by atoms with E-state index in [-0.39, 0.29) is 27.1 Å². The molecule has 0 unspecified atom stereocenters. The van der Waals surface area contributed by atoms with Gasteiger partial charge in [-0.15, -0.1) is 0 Å². The number of carboxylic acid groups (broad SMARTS) is 1. The summed E-state index contributed by atoms with van der Waals surface area (Å²) in [5, 5.41) is 13.2. The smallest absolute Gasteiger partial charge is 0.336 e. The number of carbonyl (C=O) groups excluding carboxylic acids is 1. The first-order valence-corrected chi connectivity index (χ1v) is 13.7. The first-order chi connectivity index (χ1) is 17.7. The first kappa shape index (κ1) is 26.6. The Kier molecular flexibility index (Phi) is 8.16. The second kappa shape index (κ2) is 11.3. The lowest BCUT2D eigenvalue weighted by molar-refractivity contribution is -0.122. The van der Waals surface area contributed by atoms with Gasteiger partial charge < -0.3 is 15.3 Å². The first-order valence-electron chi connectivity index (χ1n) is 11.9. The van der Waals surface area contributed by atoms with E-state index in [2.05, 4.69) is 19.9 Å². The standard InChI is InChI=1S/C25H28ClN5O5S/c1-2-9-27-24(32)16-30-10-12-31(13-11-30)23-15-19(25(33)34)18-14-17(7-8-21(18)28-23)29-37(35,36)22-6-4-3-5-20(22)26/h3-8,14-15,29H,2,9-13,16H2,1H3,(H,27,32)(H,33,34). The Bertz CT molecular complexity index is 1420. The minimum Gasteiger partial charge on any atom is -0.478 e. The van der Waals surface area contributed by atoms with Crippen LogP contribution in [0, 0.1) is 0 Å². The van der Waals surface area contributed by atoms with Gasteiger partial charge in [0, 0.05) is 43.8 Å². The fourth-order valence-electron chi connectivity index (χ4n) is 4.15. The number of carbonyl (C=O) groups is 2. The van der Waals surface area contributed by atoms with Gasteiger partial charge in [-0.2, -0.15) is 0 Å². The van der Waals surface area contributed by atoms with E-state index in [0.717, 1.165) is 6.42 Å². The van der Waals surface area contributed by atoms with Gasteiger partial charge in [-0.05, 0) is 42.8 Å². The maximum Gasteiger partial charge on any atom is 0.336 e. The molecule has 1 fully saturated rings. The summed E-state index contributed by atoms with van der Waals surface area (Å²) in [5.41, 5.74) is 0.636. The lowest BCUT2D eigenvalue weighted by atomic mass is 10.1. The fraction of sp³-hybridized carbons (Fsp3) is 0.320. The second-order valence-corrected chi connectivity index (χ2v) is 10.8. The molecule has 0 spiro atoms. The molecule has 1 aliphatic rings. The monoisotopic (exact) mass is 545 g/mol. The van der Waals surface area contributed by atoms with E-state index in [1.54, 1.807) is 18.2 Å². The molecule has 2 aromatic carbocycles. The molecule has 1 aliphatic heterocycles. The van der Waals surface area contributed by atoms with Crippen LogP contribution in [-0.2, 0) is 14.8 Å². The topological polar surface area (TPSA) is 132 Å². The number of aromatic carboxylic acids is 1. The lowest BCUT2D eigenvalue weighted by Gasteiger charge is -2.35. The van der Waals surface area contributed by atoms with Crippen molar-refractivity contribution >= 4 is 55.9 Å². The number of sulfonamides is 1. The van der Waals surface area contributed by atoms with Gasteiger partial charge in [0.15, 0.2) is 0 Å². The number of piperazine rings is 1. The molecule has 196 valence electrons. The van der Waals surface area contributed by atoms with E-state index in [0.29, 0.717) is 56.0 Å². The molecule has 2 heterocycles. The number of amides is 1. The van der Waals surface area contributed by atoms with Gasteiger partial charge in [0.2, 0.25) is 5.91 Å². The van der Waals surface area contributed by atoms with Crippen LogP contribution in [0.4, 0.5) is 11.5 Å². The zero-order valence-corrected chi connectivity index (χ0v) is 21.8. The lowest BCUT2D eigenvalue weighted by Crippen LogP contribution is -2.49. The summed E-state index contributed by atoms with van der Waals surface area (Å²) >= 11 is 6.05. The van der Waals surface area contributed by atoms with Gasteiger partial charge in [-0.25, -0.2) is 18.2 Å². The van der Waals surface area contributed by atoms with Gasteiger partial charge in [-0.3, -0.25) is 14.4 Å². The minimum absolute atomic E-state index is 0.00624. The molecular weight excluding hydrogens is 518 g/mol. The van der Waals surface area contributed by atoms with Crippen LogP contribution in [0.25, 0.3) is 10.9 Å². The Morgan fingerprint density at radius 2 is 1.81 bits per heavy atom. The zero-order valence-electron chi connectivity index (χ0n) is 20.3. The van der Waals surface area contributed by atoms with Gasteiger partial charge in [0.25, 0.3) is 10.0 Å². The van der Waals surface area contributed by atoms with Crippen LogP contribution in [0.2, 0.25) is 5.02 Å². The molecule has 1 amide bonds. The highest BCUT2D eigenvalue weighted by molar-refractivity contribution is 7.92. The number of halogens is 1. The summed E-state index contributed by atoms with van der Waals surface area (Å²) in [7, 11) is -3.98. The number of rotatable bonds is 9. The molecule has 12 heteroatoms. The van der Waals surface area contributed by atoms with Crippen LogP contribution in [-0.4, -0.2) is 74.6 Å². The van der Waals surface area contributed by atoms with E-state index >= 15 is 0 Å². The second-order valence-electron chi connectivity index (χ2n) is 8.71. The van der Waals surface area contributed by atoms with Crippen LogP contribution >= 0.6 is 11.6 Å². The van der Waals surface area contributed by atoms with E-state index < -0.39 is 16.0 Å². The van der Waals surface area contributed by atoms with Gasteiger partial charge in [0.05, 0.1) is 22.6 Å². The summed E-state index contributed by atoms with van der Waals surface area (Å²) in [6, 6.07) is 12.1. The Hall–Kier alpha value is -3.41. The quantitative estimate of drug-likeness (QED) is 0.374. The molecule has 0 radical (unpaired) electrons. The van der Waals surface area contributed by atoms with Crippen molar-refractivity contribution in [1.29, 1.82) is 0 Å². The van der Waals surface area contributed by atoms with Crippen molar-refractivity contribution in [3.8, 4) is 0 Å². The number of nitrogens with one attached hydrogen (secondary N) is 2. The van der Waals surface area contributed by atoms with E-state index in [1.165, 1.54) is 30.3 Å². The Morgan fingerprint density at radius 1 is 1.08 bits per heavy atom. The highest BCUT2D eigenvalue weighted by Crippen LogP contribution is 2.29. The third kappa shape index (κ3) is 6.30. The molecule has 1 saturated heterocycles. The largest absolute Gasteiger partial charge is 0.478 e. The van der Waals surface area contributed by atoms with Crippen LogP contribution in [0.3, 0.4) is 0 Å². The maximum atomic E-state index is 12.8. The minimum atomic E-state index is -3.98. The number of pyridine rings is 1. The maximum absolute atomic E-state index is 12.8. The van der Waals surface area contributed by atoms with E-state index in [1.807, 2.05) is 11.8 Å². The van der Waals surface area contributed by atoms with Gasteiger partial charge in [0.1, 0.15) is 10.7 Å². The summed E-state index contributed by atoms with van der Waals surface area (Å²) in [4.78, 5) is 32.7. The number of aromatic nitrogens is 1. The van der Waals surface area contributed by atoms with Crippen molar-refractivity contribution in [1.82, 2.24) is 15.2 Å². The Morgan fingerprint density at radius 3 is 2.49 bits per heavy atom. The van der Waals surface area contributed by atoms with Crippen LogP contribution < -0.4 is 14.9 Å². The van der Waals surface area contributed by atoms with Crippen LogP contribution in [0.1, 0.15) is 23.7 Å². The number of anilines is 2. The average molecular weight is 546 g/mol. The summed E-state index contributed by atoms with van der Waals surface area (Å²) in [6.45, 7) is 5.45. The van der Waals surface area contributed by atoms with Gasteiger partial charge in [-0.1, -0.05) is 30.7 Å². The molecular formula is C25H28ClN5O5S. The summed E-state index contributed by atoms with van der Waals surface area (Å²) in [5.74, 6) is -0.636. The molecule has 10 nitrogen and oxygen atoms in total. The number of fused-ring (bicyclic) bond motifs is 1. The van der Waals surface area contributed by atoms with E-state index in [9.17, 15) is 23.1 Å². The van der Waals surface area contributed by atoms with Crippen molar-refractivity contribution in [2.75, 3.05) is 48.9 Å². The van der Waals surface area contributed by atoms with Crippen molar-refractivity contribution < 1.29 is 23.1 Å². The zero-order chi connectivity index (χ0) is 26.6. The van der Waals surface area contributed by atoms with Crippen LogP contribution in [0.15, 0.2) is 53.4 Å². The number of nitrogens with zero attached hydrogens (tertiary/aromatic N) is 3. The molecule has 3 aromatic rings. The molecule has 0 saturated carbocycles. The number of hydrogen-bond donors (Lipinski definition) is 3. The third-order valence-electron chi connectivity index (χ3n) is 6.04. The molecule has 0 atom stereocenters. The van der Waals surface area contributed by atoms with E-state index in [4.69, 9.17) is 11.6 Å². The molecule has 1 aromatic heterocycles. The van der Waals surface area contributed by atoms with Crippen molar-refractivity contribution in [2.45, 2.75) is 18.2 Å². The summed E-state index contributed by atoms with van der Waals surface area (Å²) in [6.07, 6.45) is 0.883. The Balaban J connectivity index is 1.54. The predicted octanol–water partition coefficient (Wildman–Crippen LogP) is 3.04. The van der Waals surface area contributed by atoms with Crippen molar-refractivity contribution in [3.05, 3.63) is 59.1 Å². The Labute approximate surface area is 220 Å². The number of hydrogen-bond acceptors (Lipinski definition) is 7. The third-order valence-corrected chi connectivity index (χ3v) is 7.92. The molecule has 0 bridgehead atoms. The molecule has 3 N–H and O–H groups in total. The highest BCUT2D eigenvalue weighted by Gasteiger charge is 2.23. The highest BCUT2D eigenvalue weighted by atomic mass is 35.5. The SMILES string of the molecule is CCCNC(=O)CN1CCN(c2cc(C(=O)O)c3cc(NS(=O)(=O)c4ccccc4Cl)ccc3n2)CC1. The van der Waals surface area contributed by atoms with Crippen molar-refractivity contribution in [2.24, 2.45) is 0 Å². The summed E-state index contributed by atoms with van der Waals surface area (Å²) < 4.78 is 28.1. The van der Waals surface area contributed by atoms with Gasteiger partial charge >= 0.3 is 5.97 Å². The predicted molar refractivity (Wildman–Crippen MR) is 143 cm³/mol. The van der Waals surface area contributed by atoms with Crippen LogP contribution in [0.5, 0.6) is 0 Å². The molecule has 37 heavy (non-hydrogen) atoms.